The first kappa shape index (κ1) is 25.2. The van der Waals surface area contributed by atoms with E-state index in [0.717, 1.165) is 26.1 Å². The Balaban J connectivity index is 0.00000392. The number of rotatable bonds is 10. The predicted octanol–water partition coefficient (Wildman–Crippen LogP) is 3.23. The highest BCUT2D eigenvalue weighted by molar-refractivity contribution is 14.0. The second-order valence-corrected chi connectivity index (χ2v) is 9.31. The summed E-state index contributed by atoms with van der Waals surface area (Å²) in [4.78, 5) is 5.12. The summed E-state index contributed by atoms with van der Waals surface area (Å²) in [5.74, 6) is 0.723. The minimum atomic E-state index is -3.29. The van der Waals surface area contributed by atoms with Crippen LogP contribution in [0.25, 0.3) is 0 Å². The Morgan fingerprint density at radius 2 is 1.86 bits per heavy atom. The van der Waals surface area contributed by atoms with Gasteiger partial charge < -0.3 is 15.4 Å². The van der Waals surface area contributed by atoms with E-state index in [9.17, 15) is 8.42 Å². The van der Waals surface area contributed by atoms with Crippen molar-refractivity contribution >= 4 is 39.8 Å². The van der Waals surface area contributed by atoms with E-state index in [4.69, 9.17) is 9.73 Å². The lowest BCUT2D eigenvalue weighted by atomic mass is 9.83. The Labute approximate surface area is 186 Å². The maximum absolute atomic E-state index is 12.4. The monoisotopic (exact) mass is 523 g/mol. The van der Waals surface area contributed by atoms with Gasteiger partial charge in [-0.15, -0.1) is 24.0 Å². The third-order valence-electron chi connectivity index (χ3n) is 5.18. The molecule has 0 spiro atoms. The third kappa shape index (κ3) is 7.87. The van der Waals surface area contributed by atoms with E-state index in [1.807, 2.05) is 13.0 Å². The zero-order valence-corrected chi connectivity index (χ0v) is 20.1. The molecular formula is C20H34IN3O3S. The zero-order chi connectivity index (χ0) is 19.6. The molecule has 0 aliphatic heterocycles. The van der Waals surface area contributed by atoms with Crippen molar-refractivity contribution in [1.82, 2.24) is 10.6 Å². The molecule has 160 valence electrons. The van der Waals surface area contributed by atoms with Crippen molar-refractivity contribution in [1.29, 1.82) is 0 Å². The zero-order valence-electron chi connectivity index (χ0n) is 16.9. The summed E-state index contributed by atoms with van der Waals surface area (Å²) in [6.07, 6.45) is 5.88. The first-order valence-corrected chi connectivity index (χ1v) is 11.5. The van der Waals surface area contributed by atoms with Gasteiger partial charge in [0.25, 0.3) is 0 Å². The van der Waals surface area contributed by atoms with Crippen LogP contribution in [0.3, 0.4) is 0 Å². The summed E-state index contributed by atoms with van der Waals surface area (Å²) in [5.41, 5.74) is 0.217. The van der Waals surface area contributed by atoms with Gasteiger partial charge in [0.05, 0.1) is 10.6 Å². The second-order valence-electron chi connectivity index (χ2n) is 7.20. The van der Waals surface area contributed by atoms with Gasteiger partial charge in [0.2, 0.25) is 0 Å². The van der Waals surface area contributed by atoms with Crippen LogP contribution >= 0.6 is 24.0 Å². The molecule has 1 aromatic rings. The summed E-state index contributed by atoms with van der Waals surface area (Å²) in [5, 5.41) is 6.39. The number of sulfone groups is 1. The molecule has 0 bridgehead atoms. The normalized spacial score (nSPS) is 16.4. The van der Waals surface area contributed by atoms with E-state index >= 15 is 0 Å². The molecule has 1 aromatic carbocycles. The van der Waals surface area contributed by atoms with Gasteiger partial charge in [-0.3, -0.25) is 4.99 Å². The molecule has 6 nitrogen and oxygen atoms in total. The molecule has 0 radical (unpaired) electrons. The van der Waals surface area contributed by atoms with Crippen LogP contribution in [0.1, 0.15) is 39.0 Å². The quantitative estimate of drug-likeness (QED) is 0.280. The van der Waals surface area contributed by atoms with Crippen LogP contribution in [0, 0.1) is 5.41 Å². The van der Waals surface area contributed by atoms with Gasteiger partial charge in [0, 0.05) is 33.4 Å². The fraction of sp³-hybridized carbons (Fsp3) is 0.650. The fourth-order valence-electron chi connectivity index (χ4n) is 3.57. The molecule has 0 saturated heterocycles. The van der Waals surface area contributed by atoms with E-state index < -0.39 is 9.84 Å². The van der Waals surface area contributed by atoms with Crippen molar-refractivity contribution in [2.45, 2.75) is 43.9 Å². The van der Waals surface area contributed by atoms with Gasteiger partial charge in [0.15, 0.2) is 15.8 Å². The van der Waals surface area contributed by atoms with Crippen molar-refractivity contribution in [3.8, 4) is 0 Å². The van der Waals surface area contributed by atoms with E-state index in [1.54, 1.807) is 31.4 Å². The predicted molar refractivity (Wildman–Crippen MR) is 125 cm³/mol. The van der Waals surface area contributed by atoms with Crippen molar-refractivity contribution in [2.75, 3.05) is 39.1 Å². The number of ether oxygens (including phenoxy) is 1. The SMILES string of the molecule is CCNC(=NCC1(CCOC)CCCC1)NCCS(=O)(=O)c1ccccc1.I. The molecule has 28 heavy (non-hydrogen) atoms. The Morgan fingerprint density at radius 1 is 1.18 bits per heavy atom. The van der Waals surface area contributed by atoms with Crippen LogP contribution in [0.2, 0.25) is 0 Å². The number of guanidine groups is 1. The molecule has 1 aliphatic rings. The van der Waals surface area contributed by atoms with Crippen LogP contribution in [-0.4, -0.2) is 53.5 Å². The van der Waals surface area contributed by atoms with Crippen LogP contribution < -0.4 is 10.6 Å². The van der Waals surface area contributed by atoms with E-state index in [2.05, 4.69) is 10.6 Å². The Morgan fingerprint density at radius 3 is 2.46 bits per heavy atom. The minimum absolute atomic E-state index is 0. The van der Waals surface area contributed by atoms with Crippen LogP contribution in [0.4, 0.5) is 0 Å². The lowest BCUT2D eigenvalue weighted by molar-refractivity contribution is 0.141. The molecule has 0 heterocycles. The molecule has 1 saturated carbocycles. The van der Waals surface area contributed by atoms with E-state index in [-0.39, 0.29) is 35.1 Å². The van der Waals surface area contributed by atoms with Gasteiger partial charge in [0.1, 0.15) is 0 Å². The maximum Gasteiger partial charge on any atom is 0.191 e. The first-order valence-electron chi connectivity index (χ1n) is 9.80. The smallest absolute Gasteiger partial charge is 0.191 e. The molecule has 0 atom stereocenters. The van der Waals surface area contributed by atoms with Crippen molar-refractivity contribution in [2.24, 2.45) is 10.4 Å². The van der Waals surface area contributed by atoms with Gasteiger partial charge in [-0.05, 0) is 43.7 Å². The van der Waals surface area contributed by atoms with Crippen molar-refractivity contribution in [3.63, 3.8) is 0 Å². The van der Waals surface area contributed by atoms with Crippen molar-refractivity contribution in [3.05, 3.63) is 30.3 Å². The Hall–Kier alpha value is -0.870. The highest BCUT2D eigenvalue weighted by Gasteiger charge is 2.33. The molecule has 1 aliphatic carbocycles. The van der Waals surface area contributed by atoms with Gasteiger partial charge in [-0.25, -0.2) is 8.42 Å². The molecular weight excluding hydrogens is 489 g/mol. The molecule has 1 fully saturated rings. The number of nitrogens with one attached hydrogen (secondary N) is 2. The van der Waals surface area contributed by atoms with Crippen LogP contribution in [0.5, 0.6) is 0 Å². The average molecular weight is 523 g/mol. The molecule has 2 N–H and O–H groups in total. The van der Waals surface area contributed by atoms with E-state index in [0.29, 0.717) is 17.4 Å². The average Bonchev–Trinajstić information content (AvgIpc) is 3.14. The highest BCUT2D eigenvalue weighted by atomic mass is 127. The Bertz CT molecular complexity index is 690. The lowest BCUT2D eigenvalue weighted by Gasteiger charge is -2.27. The molecule has 0 aromatic heterocycles. The van der Waals surface area contributed by atoms with Gasteiger partial charge in [-0.2, -0.15) is 0 Å². The standard InChI is InChI=1S/C20H33N3O3S.HI/c1-3-21-19(23-17-20(13-15-26-2)11-7-8-12-20)22-14-16-27(24,25)18-9-5-4-6-10-18;/h4-6,9-10H,3,7-8,11-17H2,1-2H3,(H2,21,22,23);1H. The fourth-order valence-corrected chi connectivity index (χ4v) is 4.75. The van der Waals surface area contributed by atoms with Gasteiger partial charge in [-0.1, -0.05) is 31.0 Å². The number of methoxy groups -OCH3 is 1. The van der Waals surface area contributed by atoms with Gasteiger partial charge >= 0.3 is 0 Å². The molecule has 8 heteroatoms. The molecule has 0 amide bonds. The number of hydrogen-bond acceptors (Lipinski definition) is 4. The van der Waals surface area contributed by atoms with Crippen LogP contribution in [-0.2, 0) is 14.6 Å². The number of nitrogens with zero attached hydrogens (tertiary/aromatic N) is 1. The second kappa shape index (κ2) is 12.6. The number of benzene rings is 1. The summed E-state index contributed by atoms with van der Waals surface area (Å²) < 4.78 is 30.1. The number of hydrogen-bond donors (Lipinski definition) is 2. The molecule has 2 rings (SSSR count). The Kier molecular flexibility index (Phi) is 11.4. The third-order valence-corrected chi connectivity index (χ3v) is 6.92. The summed E-state index contributed by atoms with van der Waals surface area (Å²) in [7, 11) is -1.55. The van der Waals surface area contributed by atoms with Crippen LogP contribution in [0.15, 0.2) is 40.2 Å². The minimum Gasteiger partial charge on any atom is -0.385 e. The topological polar surface area (TPSA) is 79.8 Å². The van der Waals surface area contributed by atoms with Crippen molar-refractivity contribution < 1.29 is 13.2 Å². The maximum atomic E-state index is 12.4. The summed E-state index contributed by atoms with van der Waals surface area (Å²) >= 11 is 0. The lowest BCUT2D eigenvalue weighted by Crippen LogP contribution is -2.40. The van der Waals surface area contributed by atoms with E-state index in [1.165, 1.54) is 25.7 Å². The molecule has 0 unspecified atom stereocenters. The summed E-state index contributed by atoms with van der Waals surface area (Å²) in [6, 6.07) is 8.57. The first-order chi connectivity index (χ1) is 13.0. The number of halogens is 1. The highest BCUT2D eigenvalue weighted by Crippen LogP contribution is 2.41. The largest absolute Gasteiger partial charge is 0.385 e. The number of aliphatic imine (C=N–C) groups is 1. The summed E-state index contributed by atoms with van der Waals surface area (Å²) in [6.45, 7) is 4.58.